The first-order valence-corrected chi connectivity index (χ1v) is 9.95. The molecule has 1 aromatic heterocycles. The summed E-state index contributed by atoms with van der Waals surface area (Å²) in [5.74, 6) is -0.569. The van der Waals surface area contributed by atoms with Gasteiger partial charge in [0.1, 0.15) is 5.60 Å². The molecule has 0 saturated carbocycles. The van der Waals surface area contributed by atoms with Gasteiger partial charge in [-0.25, -0.2) is 4.79 Å². The Bertz CT molecular complexity index is 884. The zero-order valence-corrected chi connectivity index (χ0v) is 17.4. The van der Waals surface area contributed by atoms with Gasteiger partial charge in [0.2, 0.25) is 5.91 Å². The van der Waals surface area contributed by atoms with E-state index in [4.69, 9.17) is 9.15 Å². The largest absolute Gasteiger partial charge is 0.459 e. The summed E-state index contributed by atoms with van der Waals surface area (Å²) in [7, 11) is 0. The van der Waals surface area contributed by atoms with Crippen LogP contribution < -0.4 is 10.6 Å². The van der Waals surface area contributed by atoms with Crippen LogP contribution in [0.15, 0.2) is 47.1 Å². The second-order valence-corrected chi connectivity index (χ2v) is 8.26. The van der Waals surface area contributed by atoms with Crippen molar-refractivity contribution < 1.29 is 23.5 Å². The number of hydrogen-bond donors (Lipinski definition) is 2. The molecule has 3 amide bonds. The van der Waals surface area contributed by atoms with Crippen LogP contribution in [0.1, 0.15) is 44.2 Å². The number of anilines is 2. The van der Waals surface area contributed by atoms with Gasteiger partial charge in [-0.15, -0.1) is 0 Å². The van der Waals surface area contributed by atoms with Crippen molar-refractivity contribution in [2.75, 3.05) is 23.7 Å². The highest BCUT2D eigenvalue weighted by atomic mass is 16.6. The van der Waals surface area contributed by atoms with E-state index in [1.54, 1.807) is 41.3 Å². The fourth-order valence-electron chi connectivity index (χ4n) is 3.17. The average Bonchev–Trinajstić information content (AvgIpc) is 3.23. The van der Waals surface area contributed by atoms with Gasteiger partial charge in [-0.1, -0.05) is 0 Å². The van der Waals surface area contributed by atoms with Crippen LogP contribution in [0.5, 0.6) is 0 Å². The van der Waals surface area contributed by atoms with Crippen molar-refractivity contribution in [2.45, 2.75) is 39.2 Å². The minimum Gasteiger partial charge on any atom is -0.459 e. The molecule has 2 heterocycles. The summed E-state index contributed by atoms with van der Waals surface area (Å²) in [6, 6.07) is 10.0. The standard InChI is InChI=1S/C22H27N3O5/c1-22(2,3)30-21(28)25-12-4-6-15(14-25)19(26)23-16-8-10-17(11-9-16)24-20(27)18-7-5-13-29-18/h5,7-11,13,15H,4,6,12,14H2,1-3H3,(H,23,26)(H,24,27). The van der Waals surface area contributed by atoms with E-state index in [9.17, 15) is 14.4 Å². The predicted molar refractivity (Wildman–Crippen MR) is 112 cm³/mol. The maximum atomic E-state index is 12.7. The number of carbonyl (C=O) groups excluding carboxylic acids is 3. The van der Waals surface area contributed by atoms with Crippen LogP contribution in [0.4, 0.5) is 16.2 Å². The lowest BCUT2D eigenvalue weighted by molar-refractivity contribution is -0.121. The van der Waals surface area contributed by atoms with Gasteiger partial charge < -0.3 is 24.7 Å². The number of carbonyl (C=O) groups is 3. The van der Waals surface area contributed by atoms with Gasteiger partial charge in [-0.05, 0) is 70.0 Å². The first-order valence-electron chi connectivity index (χ1n) is 9.95. The highest BCUT2D eigenvalue weighted by Gasteiger charge is 2.31. The summed E-state index contributed by atoms with van der Waals surface area (Å²) in [5.41, 5.74) is 0.633. The maximum Gasteiger partial charge on any atom is 0.410 e. The number of piperidine rings is 1. The molecule has 1 saturated heterocycles. The molecular formula is C22H27N3O5. The zero-order chi connectivity index (χ0) is 21.7. The molecule has 1 aliphatic heterocycles. The first kappa shape index (κ1) is 21.4. The van der Waals surface area contributed by atoms with E-state index in [0.29, 0.717) is 30.9 Å². The molecule has 30 heavy (non-hydrogen) atoms. The molecule has 3 rings (SSSR count). The number of likely N-dealkylation sites (tertiary alicyclic amines) is 1. The SMILES string of the molecule is CC(C)(C)OC(=O)N1CCCC(C(=O)Nc2ccc(NC(=O)c3ccco3)cc2)C1. The van der Waals surface area contributed by atoms with Gasteiger partial charge in [0.25, 0.3) is 5.91 Å². The first-order chi connectivity index (χ1) is 14.2. The minimum atomic E-state index is -0.569. The molecule has 0 radical (unpaired) electrons. The molecule has 1 aromatic carbocycles. The summed E-state index contributed by atoms with van der Waals surface area (Å²) in [4.78, 5) is 38.5. The van der Waals surface area contributed by atoms with Crippen LogP contribution >= 0.6 is 0 Å². The van der Waals surface area contributed by atoms with Gasteiger partial charge in [0.05, 0.1) is 12.2 Å². The molecule has 1 fully saturated rings. The third kappa shape index (κ3) is 5.85. The van der Waals surface area contributed by atoms with E-state index in [-0.39, 0.29) is 23.5 Å². The van der Waals surface area contributed by atoms with Crippen molar-refractivity contribution in [3.8, 4) is 0 Å². The molecule has 1 atom stereocenters. The van der Waals surface area contributed by atoms with Crippen molar-refractivity contribution in [1.29, 1.82) is 0 Å². The number of furan rings is 1. The second kappa shape index (κ2) is 9.02. The third-order valence-corrected chi connectivity index (χ3v) is 4.60. The summed E-state index contributed by atoms with van der Waals surface area (Å²) in [6.07, 6.45) is 2.50. The van der Waals surface area contributed by atoms with Crippen LogP contribution in [0.3, 0.4) is 0 Å². The lowest BCUT2D eigenvalue weighted by Crippen LogP contribution is -2.45. The van der Waals surface area contributed by atoms with Crippen LogP contribution in [0, 0.1) is 5.92 Å². The molecule has 0 spiro atoms. The normalized spacial score (nSPS) is 16.6. The highest BCUT2D eigenvalue weighted by molar-refractivity contribution is 6.02. The zero-order valence-electron chi connectivity index (χ0n) is 17.4. The molecule has 0 bridgehead atoms. The Labute approximate surface area is 175 Å². The van der Waals surface area contributed by atoms with Crippen LogP contribution in [-0.4, -0.2) is 41.5 Å². The van der Waals surface area contributed by atoms with E-state index in [2.05, 4.69) is 10.6 Å². The van der Waals surface area contributed by atoms with Crippen LogP contribution in [0.25, 0.3) is 0 Å². The van der Waals surface area contributed by atoms with E-state index in [1.165, 1.54) is 6.26 Å². The molecule has 2 aromatic rings. The molecule has 1 unspecified atom stereocenters. The highest BCUT2D eigenvalue weighted by Crippen LogP contribution is 2.22. The summed E-state index contributed by atoms with van der Waals surface area (Å²) < 4.78 is 10.5. The fraction of sp³-hybridized carbons (Fsp3) is 0.409. The number of nitrogens with zero attached hydrogens (tertiary/aromatic N) is 1. The van der Waals surface area contributed by atoms with Gasteiger partial charge in [-0.2, -0.15) is 0 Å². The van der Waals surface area contributed by atoms with Gasteiger partial charge in [-0.3, -0.25) is 9.59 Å². The van der Waals surface area contributed by atoms with Gasteiger partial charge in [0, 0.05) is 24.5 Å². The summed E-state index contributed by atoms with van der Waals surface area (Å²) in [6.45, 7) is 6.38. The Balaban J connectivity index is 1.53. The lowest BCUT2D eigenvalue weighted by Gasteiger charge is -2.33. The van der Waals surface area contributed by atoms with Crippen molar-refractivity contribution in [2.24, 2.45) is 5.92 Å². The predicted octanol–water partition coefficient (Wildman–Crippen LogP) is 4.12. The summed E-state index contributed by atoms with van der Waals surface area (Å²) >= 11 is 0. The number of nitrogens with one attached hydrogen (secondary N) is 2. The number of benzene rings is 1. The van der Waals surface area contributed by atoms with Crippen molar-refractivity contribution in [3.05, 3.63) is 48.4 Å². The molecule has 8 heteroatoms. The maximum absolute atomic E-state index is 12.7. The van der Waals surface area contributed by atoms with Crippen LogP contribution in [0.2, 0.25) is 0 Å². The minimum absolute atomic E-state index is 0.143. The second-order valence-electron chi connectivity index (χ2n) is 8.26. The third-order valence-electron chi connectivity index (χ3n) is 4.60. The van der Waals surface area contributed by atoms with E-state index in [0.717, 1.165) is 6.42 Å². The molecule has 8 nitrogen and oxygen atoms in total. The van der Waals surface area contributed by atoms with Gasteiger partial charge >= 0.3 is 6.09 Å². The molecule has 0 aliphatic carbocycles. The Morgan fingerprint density at radius 3 is 2.33 bits per heavy atom. The quantitative estimate of drug-likeness (QED) is 0.785. The smallest absolute Gasteiger partial charge is 0.410 e. The number of amides is 3. The Hall–Kier alpha value is -3.29. The average molecular weight is 413 g/mol. The van der Waals surface area contributed by atoms with Crippen LogP contribution in [-0.2, 0) is 9.53 Å². The topological polar surface area (TPSA) is 101 Å². The summed E-state index contributed by atoms with van der Waals surface area (Å²) in [5, 5.41) is 5.60. The molecule has 160 valence electrons. The van der Waals surface area contributed by atoms with Crippen molar-refractivity contribution in [3.63, 3.8) is 0 Å². The fourth-order valence-corrected chi connectivity index (χ4v) is 3.17. The van der Waals surface area contributed by atoms with E-state index >= 15 is 0 Å². The molecule has 1 aliphatic rings. The number of ether oxygens (including phenoxy) is 1. The van der Waals surface area contributed by atoms with E-state index < -0.39 is 11.7 Å². The number of hydrogen-bond acceptors (Lipinski definition) is 5. The van der Waals surface area contributed by atoms with Crippen molar-refractivity contribution >= 4 is 29.3 Å². The van der Waals surface area contributed by atoms with Gasteiger partial charge in [0.15, 0.2) is 5.76 Å². The van der Waals surface area contributed by atoms with E-state index in [1.807, 2.05) is 20.8 Å². The Morgan fingerprint density at radius 2 is 1.73 bits per heavy atom. The Morgan fingerprint density at radius 1 is 1.07 bits per heavy atom. The van der Waals surface area contributed by atoms with Crippen molar-refractivity contribution in [1.82, 2.24) is 4.90 Å². The Kier molecular flexibility index (Phi) is 6.44. The monoisotopic (exact) mass is 413 g/mol. The lowest BCUT2D eigenvalue weighted by atomic mass is 9.97. The number of rotatable bonds is 4. The molecular weight excluding hydrogens is 386 g/mol. The molecule has 2 N–H and O–H groups in total.